The Morgan fingerprint density at radius 1 is 1.50 bits per heavy atom. The molecule has 0 saturated heterocycles. The topological polar surface area (TPSA) is 90.0 Å². The Balaban J connectivity index is 1.95. The molecular weight excluding hydrogens is 300 g/mol. The lowest BCUT2D eigenvalue weighted by atomic mass is 10.0. The van der Waals surface area contributed by atoms with Gasteiger partial charge in [-0.15, -0.1) is 11.3 Å². The molecule has 2 rings (SSSR count). The number of amides is 1. The summed E-state index contributed by atoms with van der Waals surface area (Å²) in [5.74, 6) is 0.384. The molecule has 0 bridgehead atoms. The van der Waals surface area contributed by atoms with E-state index in [0.29, 0.717) is 24.4 Å². The third-order valence-electron chi connectivity index (χ3n) is 3.44. The number of nitrogens with one attached hydrogen (secondary N) is 1. The predicted molar refractivity (Wildman–Crippen MR) is 88.9 cm³/mol. The molecule has 2 aromatic rings. The van der Waals surface area contributed by atoms with E-state index in [1.165, 1.54) is 22.2 Å². The number of thiophene rings is 1. The Labute approximate surface area is 133 Å². The van der Waals surface area contributed by atoms with E-state index in [0.717, 1.165) is 11.3 Å². The minimum atomic E-state index is -0.100. The van der Waals surface area contributed by atoms with E-state index in [-0.39, 0.29) is 23.9 Å². The van der Waals surface area contributed by atoms with Gasteiger partial charge in [0.2, 0.25) is 5.91 Å². The Bertz CT molecular complexity index is 692. The molecule has 0 aromatic carbocycles. The van der Waals surface area contributed by atoms with Gasteiger partial charge >= 0.3 is 0 Å². The number of carbonyl (C=O) groups excluding carboxylic acids is 1. The fraction of sp³-hybridized carbons (Fsp3) is 0.533. The van der Waals surface area contributed by atoms with Crippen molar-refractivity contribution in [3.63, 3.8) is 0 Å². The number of nitrogens with zero attached hydrogens (tertiary/aromatic N) is 2. The van der Waals surface area contributed by atoms with Crippen molar-refractivity contribution in [2.45, 2.75) is 39.3 Å². The van der Waals surface area contributed by atoms with Crippen molar-refractivity contribution in [3.8, 4) is 0 Å². The zero-order valence-electron chi connectivity index (χ0n) is 12.9. The molecule has 6 nitrogen and oxygen atoms in total. The quantitative estimate of drug-likeness (QED) is 0.805. The average molecular weight is 322 g/mol. The van der Waals surface area contributed by atoms with Crippen LogP contribution in [0.25, 0.3) is 10.2 Å². The van der Waals surface area contributed by atoms with Crippen LogP contribution in [0.4, 0.5) is 0 Å². The molecule has 0 aliphatic carbocycles. The molecule has 2 heterocycles. The molecular formula is C15H22N4O2S. The van der Waals surface area contributed by atoms with E-state index in [9.17, 15) is 9.59 Å². The van der Waals surface area contributed by atoms with E-state index >= 15 is 0 Å². The van der Waals surface area contributed by atoms with Gasteiger partial charge in [0.05, 0.1) is 11.7 Å². The molecule has 0 spiro atoms. The van der Waals surface area contributed by atoms with E-state index in [1.807, 2.05) is 5.38 Å². The normalized spacial score (nSPS) is 12.7. The maximum atomic E-state index is 12.2. The van der Waals surface area contributed by atoms with Crippen LogP contribution < -0.4 is 16.6 Å². The Kier molecular flexibility index (Phi) is 5.68. The second-order valence-corrected chi connectivity index (χ2v) is 6.66. The largest absolute Gasteiger partial charge is 0.352 e. The molecule has 22 heavy (non-hydrogen) atoms. The highest BCUT2D eigenvalue weighted by Crippen LogP contribution is 2.13. The lowest BCUT2D eigenvalue weighted by Crippen LogP contribution is -2.41. The van der Waals surface area contributed by atoms with E-state index < -0.39 is 0 Å². The summed E-state index contributed by atoms with van der Waals surface area (Å²) in [7, 11) is 0. The first-order valence-electron chi connectivity index (χ1n) is 7.43. The summed E-state index contributed by atoms with van der Waals surface area (Å²) >= 11 is 1.43. The van der Waals surface area contributed by atoms with Crippen molar-refractivity contribution >= 4 is 27.5 Å². The monoisotopic (exact) mass is 322 g/mol. The molecule has 1 amide bonds. The highest BCUT2D eigenvalue weighted by molar-refractivity contribution is 7.16. The number of carbonyl (C=O) groups is 1. The summed E-state index contributed by atoms with van der Waals surface area (Å²) in [4.78, 5) is 29.1. The average Bonchev–Trinajstić information content (AvgIpc) is 2.94. The summed E-state index contributed by atoms with van der Waals surface area (Å²) in [5.41, 5.74) is 5.57. The summed E-state index contributed by atoms with van der Waals surface area (Å²) < 4.78 is 1.48. The van der Waals surface area contributed by atoms with Gasteiger partial charge in [0.25, 0.3) is 5.56 Å². The van der Waals surface area contributed by atoms with Gasteiger partial charge < -0.3 is 11.1 Å². The summed E-state index contributed by atoms with van der Waals surface area (Å²) in [6, 6.07) is 1.75. The molecule has 2 aromatic heterocycles. The lowest BCUT2D eigenvalue weighted by molar-refractivity contribution is -0.122. The molecule has 1 atom stereocenters. The second kappa shape index (κ2) is 7.51. The fourth-order valence-electron chi connectivity index (χ4n) is 2.36. The molecule has 1 unspecified atom stereocenters. The van der Waals surface area contributed by atoms with Gasteiger partial charge in [0.15, 0.2) is 0 Å². The first kappa shape index (κ1) is 16.6. The van der Waals surface area contributed by atoms with Gasteiger partial charge in [-0.2, -0.15) is 0 Å². The van der Waals surface area contributed by atoms with Crippen molar-refractivity contribution < 1.29 is 4.79 Å². The smallest absolute Gasteiger partial charge is 0.262 e. The van der Waals surface area contributed by atoms with Crippen LogP contribution in [0.3, 0.4) is 0 Å². The van der Waals surface area contributed by atoms with Crippen molar-refractivity contribution in [3.05, 3.63) is 28.1 Å². The van der Waals surface area contributed by atoms with Crippen LogP contribution in [0, 0.1) is 5.92 Å². The number of aromatic nitrogens is 2. The molecule has 0 saturated carbocycles. The minimum absolute atomic E-state index is 0.0123. The SMILES string of the molecule is CC(C)CC(CN)NC(=O)CCn1cnc2sccc2c1=O. The fourth-order valence-corrected chi connectivity index (χ4v) is 3.08. The molecule has 3 N–H and O–H groups in total. The molecule has 120 valence electrons. The maximum Gasteiger partial charge on any atom is 0.262 e. The Hall–Kier alpha value is -1.73. The minimum Gasteiger partial charge on any atom is -0.352 e. The molecule has 7 heteroatoms. The van der Waals surface area contributed by atoms with Crippen LogP contribution in [0.15, 0.2) is 22.6 Å². The first-order chi connectivity index (χ1) is 10.5. The van der Waals surface area contributed by atoms with E-state index in [1.54, 1.807) is 6.07 Å². The molecule has 0 radical (unpaired) electrons. The van der Waals surface area contributed by atoms with Crippen LogP contribution >= 0.6 is 11.3 Å². The van der Waals surface area contributed by atoms with Crippen molar-refractivity contribution in [2.75, 3.05) is 6.54 Å². The van der Waals surface area contributed by atoms with Crippen molar-refractivity contribution in [1.82, 2.24) is 14.9 Å². The molecule has 0 fully saturated rings. The number of hydrogen-bond acceptors (Lipinski definition) is 5. The standard InChI is InChI=1S/C15H22N4O2S/c1-10(2)7-11(8-16)18-13(20)3-5-19-9-17-14-12(15(19)21)4-6-22-14/h4,6,9-11H,3,5,7-8,16H2,1-2H3,(H,18,20). The number of nitrogens with two attached hydrogens (primary N) is 1. The van der Waals surface area contributed by atoms with Gasteiger partial charge in [0.1, 0.15) is 4.83 Å². The van der Waals surface area contributed by atoms with Gasteiger partial charge in [0, 0.05) is 25.6 Å². The maximum absolute atomic E-state index is 12.2. The molecule has 0 aliphatic rings. The van der Waals surface area contributed by atoms with Crippen LogP contribution in [0.5, 0.6) is 0 Å². The molecule has 0 aliphatic heterocycles. The second-order valence-electron chi connectivity index (χ2n) is 5.76. The van der Waals surface area contributed by atoms with Crippen molar-refractivity contribution in [2.24, 2.45) is 11.7 Å². The predicted octanol–water partition coefficient (Wildman–Crippen LogP) is 1.34. The van der Waals surface area contributed by atoms with Crippen LogP contribution in [-0.4, -0.2) is 28.0 Å². The first-order valence-corrected chi connectivity index (χ1v) is 8.31. The Morgan fingerprint density at radius 3 is 2.95 bits per heavy atom. The van der Waals surface area contributed by atoms with Crippen LogP contribution in [0.2, 0.25) is 0 Å². The number of rotatable bonds is 7. The number of hydrogen-bond donors (Lipinski definition) is 2. The summed E-state index contributed by atoms with van der Waals surface area (Å²) in [6.07, 6.45) is 2.60. The summed E-state index contributed by atoms with van der Waals surface area (Å²) in [5, 5.41) is 5.37. The third kappa shape index (κ3) is 4.14. The van der Waals surface area contributed by atoms with Crippen LogP contribution in [-0.2, 0) is 11.3 Å². The lowest BCUT2D eigenvalue weighted by Gasteiger charge is -2.18. The van der Waals surface area contributed by atoms with Crippen molar-refractivity contribution in [1.29, 1.82) is 0 Å². The van der Waals surface area contributed by atoms with Crippen LogP contribution in [0.1, 0.15) is 26.7 Å². The highest BCUT2D eigenvalue weighted by Gasteiger charge is 2.13. The summed E-state index contributed by atoms with van der Waals surface area (Å²) in [6.45, 7) is 4.93. The Morgan fingerprint density at radius 2 is 2.27 bits per heavy atom. The van der Waals surface area contributed by atoms with Gasteiger partial charge in [-0.3, -0.25) is 14.2 Å². The third-order valence-corrected chi connectivity index (χ3v) is 4.26. The van der Waals surface area contributed by atoms with E-state index in [4.69, 9.17) is 5.73 Å². The van der Waals surface area contributed by atoms with Gasteiger partial charge in [-0.25, -0.2) is 4.98 Å². The van der Waals surface area contributed by atoms with Gasteiger partial charge in [-0.05, 0) is 23.8 Å². The van der Waals surface area contributed by atoms with Gasteiger partial charge in [-0.1, -0.05) is 13.8 Å². The van der Waals surface area contributed by atoms with E-state index in [2.05, 4.69) is 24.1 Å². The number of aryl methyl sites for hydroxylation is 1. The number of fused-ring (bicyclic) bond motifs is 1. The zero-order valence-corrected chi connectivity index (χ0v) is 13.7. The highest BCUT2D eigenvalue weighted by atomic mass is 32.1. The zero-order chi connectivity index (χ0) is 16.1.